The minimum Gasteiger partial charge on any atom is -0.345 e. The van der Waals surface area contributed by atoms with Gasteiger partial charge in [-0.25, -0.2) is 13.4 Å². The van der Waals surface area contributed by atoms with Gasteiger partial charge in [0.2, 0.25) is 10.0 Å². The van der Waals surface area contributed by atoms with Crippen LogP contribution in [0.5, 0.6) is 0 Å². The van der Waals surface area contributed by atoms with Crippen LogP contribution in [0.25, 0.3) is 22.5 Å². The molecule has 1 fully saturated rings. The number of nitrogens with zero attached hydrogens (tertiary/aromatic N) is 3. The van der Waals surface area contributed by atoms with Crippen LogP contribution in [0.2, 0.25) is 0 Å². The lowest BCUT2D eigenvalue weighted by Gasteiger charge is -2.31. The van der Waals surface area contributed by atoms with E-state index in [9.17, 15) is 8.42 Å². The molecule has 0 bridgehead atoms. The fourth-order valence-electron chi connectivity index (χ4n) is 3.28. The van der Waals surface area contributed by atoms with Crippen LogP contribution in [-0.2, 0) is 10.0 Å². The molecule has 1 N–H and O–H groups in total. The molecular weight excluding hydrogens is 360 g/mol. The number of aromatic nitrogens is 2. The second-order valence-electron chi connectivity index (χ2n) is 6.75. The zero-order valence-corrected chi connectivity index (χ0v) is 16.0. The number of imidazole rings is 1. The standard InChI is InChI=1S/C20H22N4O2S/c1-23-10-12-24(13-11-23)27(25,26)19-7-3-5-17(15-19)16-4-2-6-18(14-16)20-21-8-9-22-20/h2-9,14-15H,10-13H2,1H3,(H,21,22). The van der Waals surface area contributed by atoms with E-state index in [4.69, 9.17) is 0 Å². The summed E-state index contributed by atoms with van der Waals surface area (Å²) >= 11 is 0. The molecule has 0 radical (unpaired) electrons. The number of rotatable bonds is 4. The quantitative estimate of drug-likeness (QED) is 0.753. The lowest BCUT2D eigenvalue weighted by molar-refractivity contribution is 0.222. The van der Waals surface area contributed by atoms with Crippen LogP contribution in [0.1, 0.15) is 0 Å². The maximum Gasteiger partial charge on any atom is 0.243 e. The van der Waals surface area contributed by atoms with Gasteiger partial charge in [0.1, 0.15) is 5.82 Å². The summed E-state index contributed by atoms with van der Waals surface area (Å²) in [7, 11) is -1.47. The molecule has 140 valence electrons. The van der Waals surface area contributed by atoms with Gasteiger partial charge in [-0.05, 0) is 36.4 Å². The van der Waals surface area contributed by atoms with Crippen LogP contribution >= 0.6 is 0 Å². The third-order valence-corrected chi connectivity index (χ3v) is 6.80. The Morgan fingerprint density at radius 3 is 2.30 bits per heavy atom. The van der Waals surface area contributed by atoms with Crippen molar-refractivity contribution in [2.45, 2.75) is 4.90 Å². The molecule has 1 aliphatic rings. The minimum atomic E-state index is -3.48. The molecule has 0 atom stereocenters. The van der Waals surface area contributed by atoms with Gasteiger partial charge < -0.3 is 9.88 Å². The van der Waals surface area contributed by atoms with Gasteiger partial charge >= 0.3 is 0 Å². The lowest BCUT2D eigenvalue weighted by atomic mass is 10.0. The number of benzene rings is 2. The Hall–Kier alpha value is -2.48. The second kappa shape index (κ2) is 7.26. The third-order valence-electron chi connectivity index (χ3n) is 4.90. The number of nitrogens with one attached hydrogen (secondary N) is 1. The minimum absolute atomic E-state index is 0.341. The maximum absolute atomic E-state index is 13.0. The Morgan fingerprint density at radius 1 is 0.926 bits per heavy atom. The van der Waals surface area contributed by atoms with Gasteiger partial charge in [0.15, 0.2) is 0 Å². The van der Waals surface area contributed by atoms with Gasteiger partial charge in [0.05, 0.1) is 4.90 Å². The number of aromatic amines is 1. The van der Waals surface area contributed by atoms with Crippen molar-refractivity contribution < 1.29 is 8.42 Å². The molecule has 0 unspecified atom stereocenters. The molecule has 1 aliphatic heterocycles. The van der Waals surface area contributed by atoms with Crippen molar-refractivity contribution in [1.29, 1.82) is 0 Å². The highest BCUT2D eigenvalue weighted by Gasteiger charge is 2.27. The van der Waals surface area contributed by atoms with Gasteiger partial charge in [0.25, 0.3) is 0 Å². The van der Waals surface area contributed by atoms with E-state index >= 15 is 0 Å². The lowest BCUT2D eigenvalue weighted by Crippen LogP contribution is -2.47. The first-order valence-electron chi connectivity index (χ1n) is 8.93. The summed E-state index contributed by atoms with van der Waals surface area (Å²) in [6.45, 7) is 2.56. The number of sulfonamides is 1. The summed E-state index contributed by atoms with van der Waals surface area (Å²) in [6.07, 6.45) is 3.50. The summed E-state index contributed by atoms with van der Waals surface area (Å²) < 4.78 is 27.6. The van der Waals surface area contributed by atoms with Gasteiger partial charge in [-0.3, -0.25) is 0 Å². The van der Waals surface area contributed by atoms with Crippen LogP contribution in [0.15, 0.2) is 65.8 Å². The van der Waals surface area contributed by atoms with E-state index in [1.807, 2.05) is 37.4 Å². The molecule has 2 heterocycles. The summed E-state index contributed by atoms with van der Waals surface area (Å²) in [5, 5.41) is 0. The molecule has 1 aromatic heterocycles. The Morgan fingerprint density at radius 2 is 1.59 bits per heavy atom. The predicted molar refractivity (Wildman–Crippen MR) is 106 cm³/mol. The van der Waals surface area contributed by atoms with E-state index in [1.165, 1.54) is 0 Å². The number of likely N-dealkylation sites (N-methyl/N-ethyl adjacent to an activating group) is 1. The van der Waals surface area contributed by atoms with Gasteiger partial charge in [-0.2, -0.15) is 4.31 Å². The van der Waals surface area contributed by atoms with E-state index in [2.05, 4.69) is 14.9 Å². The molecule has 1 saturated heterocycles. The molecule has 6 nitrogen and oxygen atoms in total. The summed E-state index contributed by atoms with van der Waals surface area (Å²) in [5.74, 6) is 0.790. The predicted octanol–water partition coefficient (Wildman–Crippen LogP) is 2.68. The second-order valence-corrected chi connectivity index (χ2v) is 8.69. The average molecular weight is 382 g/mol. The molecule has 0 spiro atoms. The van der Waals surface area contributed by atoms with Crippen molar-refractivity contribution in [2.24, 2.45) is 0 Å². The Kier molecular flexibility index (Phi) is 4.82. The van der Waals surface area contributed by atoms with E-state index < -0.39 is 10.0 Å². The monoisotopic (exact) mass is 382 g/mol. The number of piperazine rings is 1. The Balaban J connectivity index is 1.66. The third kappa shape index (κ3) is 3.66. The first-order chi connectivity index (χ1) is 13.0. The van der Waals surface area contributed by atoms with Gasteiger partial charge in [0, 0.05) is 44.1 Å². The zero-order valence-electron chi connectivity index (χ0n) is 15.2. The highest BCUT2D eigenvalue weighted by molar-refractivity contribution is 7.89. The molecule has 7 heteroatoms. The van der Waals surface area contributed by atoms with Gasteiger partial charge in [-0.1, -0.05) is 30.3 Å². The molecule has 0 aliphatic carbocycles. The highest BCUT2D eigenvalue weighted by Crippen LogP contribution is 2.27. The van der Waals surface area contributed by atoms with Crippen LogP contribution in [0.3, 0.4) is 0 Å². The molecule has 0 saturated carbocycles. The van der Waals surface area contributed by atoms with Crippen LogP contribution in [0.4, 0.5) is 0 Å². The molecule has 3 aromatic rings. The largest absolute Gasteiger partial charge is 0.345 e. The first-order valence-corrected chi connectivity index (χ1v) is 10.4. The van der Waals surface area contributed by atoms with Crippen LogP contribution in [0, 0.1) is 0 Å². The van der Waals surface area contributed by atoms with E-state index in [1.54, 1.807) is 34.9 Å². The average Bonchev–Trinajstić information content (AvgIpc) is 3.23. The Bertz CT molecular complexity index is 1020. The SMILES string of the molecule is CN1CCN(S(=O)(=O)c2cccc(-c3cccc(-c4ncc[nH]4)c3)c2)CC1. The number of hydrogen-bond donors (Lipinski definition) is 1. The smallest absolute Gasteiger partial charge is 0.243 e. The molecule has 0 amide bonds. The normalized spacial score (nSPS) is 16.5. The van der Waals surface area contributed by atoms with E-state index in [0.29, 0.717) is 18.0 Å². The number of hydrogen-bond acceptors (Lipinski definition) is 4. The van der Waals surface area contributed by atoms with Crippen molar-refractivity contribution in [2.75, 3.05) is 33.2 Å². The summed E-state index contributed by atoms with van der Waals surface area (Å²) in [4.78, 5) is 9.86. The van der Waals surface area contributed by atoms with E-state index in [0.717, 1.165) is 35.6 Å². The van der Waals surface area contributed by atoms with Crippen LogP contribution < -0.4 is 0 Å². The van der Waals surface area contributed by atoms with Crippen molar-refractivity contribution in [1.82, 2.24) is 19.2 Å². The fraction of sp³-hybridized carbons (Fsp3) is 0.250. The number of H-pyrrole nitrogens is 1. The van der Waals surface area contributed by atoms with Crippen LogP contribution in [-0.4, -0.2) is 60.8 Å². The van der Waals surface area contributed by atoms with Crippen molar-refractivity contribution >= 4 is 10.0 Å². The first kappa shape index (κ1) is 17.9. The van der Waals surface area contributed by atoms with Gasteiger partial charge in [-0.15, -0.1) is 0 Å². The van der Waals surface area contributed by atoms with Crippen molar-refractivity contribution in [3.8, 4) is 22.5 Å². The van der Waals surface area contributed by atoms with Crippen molar-refractivity contribution in [3.05, 3.63) is 60.9 Å². The molecule has 4 rings (SSSR count). The molecular formula is C20H22N4O2S. The zero-order chi connectivity index (χ0) is 18.9. The van der Waals surface area contributed by atoms with Crippen molar-refractivity contribution in [3.63, 3.8) is 0 Å². The molecule has 2 aromatic carbocycles. The topological polar surface area (TPSA) is 69.3 Å². The Labute approximate surface area is 159 Å². The molecule has 27 heavy (non-hydrogen) atoms. The summed E-state index contributed by atoms with van der Waals surface area (Å²) in [5.41, 5.74) is 2.79. The van der Waals surface area contributed by atoms with E-state index in [-0.39, 0.29) is 0 Å². The highest BCUT2D eigenvalue weighted by atomic mass is 32.2. The maximum atomic E-state index is 13.0. The summed E-state index contributed by atoms with van der Waals surface area (Å²) in [6, 6.07) is 15.1. The fourth-order valence-corrected chi connectivity index (χ4v) is 4.75.